The Morgan fingerprint density at radius 1 is 1.31 bits per heavy atom. The fourth-order valence-corrected chi connectivity index (χ4v) is 2.44. The topological polar surface area (TPSA) is 27.7 Å². The normalized spacial score (nSPS) is 36.3. The molecule has 13 heavy (non-hydrogen) atoms. The molecular formula is C10H14O3. The molecule has 1 atom stereocenters. The van der Waals surface area contributed by atoms with Crippen molar-refractivity contribution in [3.8, 4) is 0 Å². The van der Waals surface area contributed by atoms with Crippen LogP contribution < -0.4 is 0 Å². The van der Waals surface area contributed by atoms with E-state index in [1.807, 2.05) is 0 Å². The second kappa shape index (κ2) is 2.80. The number of hydrogen-bond acceptors (Lipinski definition) is 3. The maximum Gasteiger partial charge on any atom is 0.171 e. The van der Waals surface area contributed by atoms with Crippen molar-refractivity contribution in [1.29, 1.82) is 0 Å². The quantitative estimate of drug-likeness (QED) is 0.527. The van der Waals surface area contributed by atoms with E-state index in [0.717, 1.165) is 39.1 Å². The van der Waals surface area contributed by atoms with Crippen molar-refractivity contribution in [2.24, 2.45) is 0 Å². The molecule has 3 heteroatoms. The van der Waals surface area contributed by atoms with Gasteiger partial charge in [0.1, 0.15) is 0 Å². The summed E-state index contributed by atoms with van der Waals surface area (Å²) in [5, 5.41) is 0. The highest BCUT2D eigenvalue weighted by Crippen LogP contribution is 2.40. The van der Waals surface area contributed by atoms with E-state index in [0.29, 0.717) is 0 Å². The molecule has 0 aromatic carbocycles. The van der Waals surface area contributed by atoms with Crippen molar-refractivity contribution in [2.75, 3.05) is 19.8 Å². The van der Waals surface area contributed by atoms with Crippen LogP contribution in [0.25, 0.3) is 0 Å². The summed E-state index contributed by atoms with van der Waals surface area (Å²) >= 11 is 0. The minimum Gasteiger partial charge on any atom is -0.370 e. The average Bonchev–Trinajstić information content (AvgIpc) is 2.74. The van der Waals surface area contributed by atoms with Crippen molar-refractivity contribution in [3.63, 3.8) is 0 Å². The lowest BCUT2D eigenvalue weighted by atomic mass is 9.88. The van der Waals surface area contributed by atoms with Gasteiger partial charge in [-0.25, -0.2) is 0 Å². The van der Waals surface area contributed by atoms with Gasteiger partial charge in [-0.15, -0.1) is 0 Å². The van der Waals surface area contributed by atoms with Crippen molar-refractivity contribution in [2.45, 2.75) is 31.2 Å². The highest BCUT2D eigenvalue weighted by Gasteiger charge is 2.44. The predicted octanol–water partition coefficient (Wildman–Crippen LogP) is 1.24. The van der Waals surface area contributed by atoms with Gasteiger partial charge < -0.3 is 14.2 Å². The van der Waals surface area contributed by atoms with Crippen LogP contribution in [0.4, 0.5) is 0 Å². The van der Waals surface area contributed by atoms with Crippen LogP contribution in [0.15, 0.2) is 11.6 Å². The Bertz CT molecular complexity index is 241. The fourth-order valence-electron chi connectivity index (χ4n) is 2.44. The summed E-state index contributed by atoms with van der Waals surface area (Å²) in [7, 11) is 0. The van der Waals surface area contributed by atoms with Gasteiger partial charge in [0.2, 0.25) is 0 Å². The molecule has 1 unspecified atom stereocenters. The van der Waals surface area contributed by atoms with Gasteiger partial charge in [0.05, 0.1) is 25.9 Å². The van der Waals surface area contributed by atoms with E-state index in [2.05, 4.69) is 6.08 Å². The molecule has 1 aliphatic carbocycles. The molecule has 1 spiro atoms. The molecule has 1 saturated heterocycles. The van der Waals surface area contributed by atoms with Gasteiger partial charge in [0.25, 0.3) is 0 Å². The zero-order valence-electron chi connectivity index (χ0n) is 7.62. The van der Waals surface area contributed by atoms with Gasteiger partial charge >= 0.3 is 0 Å². The highest BCUT2D eigenvalue weighted by atomic mass is 16.7. The molecule has 2 fully saturated rings. The number of hydrogen-bond donors (Lipinski definition) is 0. The van der Waals surface area contributed by atoms with E-state index in [-0.39, 0.29) is 11.9 Å². The van der Waals surface area contributed by atoms with Gasteiger partial charge in [0, 0.05) is 12.8 Å². The smallest absolute Gasteiger partial charge is 0.171 e. The van der Waals surface area contributed by atoms with Crippen LogP contribution in [0.1, 0.15) is 19.3 Å². The lowest BCUT2D eigenvalue weighted by molar-refractivity contribution is -0.188. The Balaban J connectivity index is 1.78. The van der Waals surface area contributed by atoms with Gasteiger partial charge in [-0.2, -0.15) is 0 Å². The lowest BCUT2D eigenvalue weighted by Crippen LogP contribution is -2.39. The largest absolute Gasteiger partial charge is 0.370 e. The van der Waals surface area contributed by atoms with E-state index >= 15 is 0 Å². The number of ether oxygens (including phenoxy) is 3. The Morgan fingerprint density at radius 3 is 3.00 bits per heavy atom. The molecule has 3 nitrogen and oxygen atoms in total. The molecule has 72 valence electrons. The van der Waals surface area contributed by atoms with Crippen LogP contribution >= 0.6 is 0 Å². The van der Waals surface area contributed by atoms with E-state index < -0.39 is 0 Å². The summed E-state index contributed by atoms with van der Waals surface area (Å²) in [5.41, 5.74) is 1.45. The average molecular weight is 182 g/mol. The molecule has 0 bridgehead atoms. The Hall–Kier alpha value is -0.380. The first-order valence-corrected chi connectivity index (χ1v) is 4.96. The Labute approximate surface area is 77.7 Å². The number of rotatable bonds is 0. The minimum absolute atomic E-state index is 0.270. The van der Waals surface area contributed by atoms with E-state index in [1.165, 1.54) is 5.57 Å². The zero-order valence-corrected chi connectivity index (χ0v) is 7.62. The monoisotopic (exact) mass is 182 g/mol. The van der Waals surface area contributed by atoms with Crippen LogP contribution in [0.2, 0.25) is 0 Å². The van der Waals surface area contributed by atoms with Crippen LogP contribution in [-0.2, 0) is 14.2 Å². The first-order valence-electron chi connectivity index (χ1n) is 4.96. The standard InChI is InChI=1S/C10H14O3/c1-3-10(12-5-6-13-10)7-9-8(1)2-4-11-9/h2,9H,1,3-7H2. The summed E-state index contributed by atoms with van der Waals surface area (Å²) in [6, 6.07) is 0. The molecule has 0 aromatic rings. The highest BCUT2D eigenvalue weighted by molar-refractivity contribution is 5.17. The van der Waals surface area contributed by atoms with Crippen molar-refractivity contribution >= 4 is 0 Å². The molecule has 0 aromatic heterocycles. The van der Waals surface area contributed by atoms with Crippen molar-refractivity contribution in [3.05, 3.63) is 11.6 Å². The van der Waals surface area contributed by atoms with Gasteiger partial charge in [-0.3, -0.25) is 0 Å². The maximum atomic E-state index is 5.66. The first kappa shape index (κ1) is 7.97. The summed E-state index contributed by atoms with van der Waals surface area (Å²) < 4.78 is 16.9. The fraction of sp³-hybridized carbons (Fsp3) is 0.800. The van der Waals surface area contributed by atoms with E-state index in [9.17, 15) is 0 Å². The van der Waals surface area contributed by atoms with Crippen LogP contribution in [0.3, 0.4) is 0 Å². The Morgan fingerprint density at radius 2 is 2.15 bits per heavy atom. The maximum absolute atomic E-state index is 5.66. The molecule has 0 radical (unpaired) electrons. The van der Waals surface area contributed by atoms with Gasteiger partial charge in [0.15, 0.2) is 5.79 Å². The molecular weight excluding hydrogens is 168 g/mol. The van der Waals surface area contributed by atoms with Crippen LogP contribution in [0.5, 0.6) is 0 Å². The molecule has 2 heterocycles. The predicted molar refractivity (Wildman–Crippen MR) is 46.3 cm³/mol. The van der Waals surface area contributed by atoms with Gasteiger partial charge in [-0.05, 0) is 12.0 Å². The summed E-state index contributed by atoms with van der Waals surface area (Å²) in [5.74, 6) is -0.299. The van der Waals surface area contributed by atoms with Crippen molar-refractivity contribution in [1.82, 2.24) is 0 Å². The third-order valence-electron chi connectivity index (χ3n) is 3.16. The summed E-state index contributed by atoms with van der Waals surface area (Å²) in [6.07, 6.45) is 5.43. The molecule has 3 rings (SSSR count). The summed E-state index contributed by atoms with van der Waals surface area (Å²) in [4.78, 5) is 0. The molecule has 0 N–H and O–H groups in total. The zero-order chi connectivity index (χ0) is 8.73. The number of fused-ring (bicyclic) bond motifs is 1. The van der Waals surface area contributed by atoms with Crippen LogP contribution in [0, 0.1) is 0 Å². The summed E-state index contributed by atoms with van der Waals surface area (Å²) in [6.45, 7) is 2.26. The second-order valence-electron chi connectivity index (χ2n) is 3.91. The third-order valence-corrected chi connectivity index (χ3v) is 3.16. The molecule has 2 aliphatic heterocycles. The molecule has 0 amide bonds. The molecule has 1 saturated carbocycles. The minimum atomic E-state index is -0.299. The van der Waals surface area contributed by atoms with Gasteiger partial charge in [-0.1, -0.05) is 6.08 Å². The second-order valence-corrected chi connectivity index (χ2v) is 3.91. The molecule has 3 aliphatic rings. The lowest BCUT2D eigenvalue weighted by Gasteiger charge is -2.35. The van der Waals surface area contributed by atoms with Crippen LogP contribution in [-0.4, -0.2) is 31.7 Å². The van der Waals surface area contributed by atoms with E-state index in [1.54, 1.807) is 0 Å². The van der Waals surface area contributed by atoms with E-state index in [4.69, 9.17) is 14.2 Å². The van der Waals surface area contributed by atoms with Crippen molar-refractivity contribution < 1.29 is 14.2 Å². The Kier molecular flexibility index (Phi) is 1.72. The first-order chi connectivity index (χ1) is 6.38. The SMILES string of the molecule is C1=C2CCC3(CC2OC1)OCCO3. The third kappa shape index (κ3) is 1.23.